The summed E-state index contributed by atoms with van der Waals surface area (Å²) in [5.41, 5.74) is 0.631. The van der Waals surface area contributed by atoms with Crippen LogP contribution < -0.4 is 14.8 Å². The van der Waals surface area contributed by atoms with Crippen LogP contribution in [-0.4, -0.2) is 24.3 Å². The Labute approximate surface area is 171 Å². The van der Waals surface area contributed by atoms with E-state index in [1.54, 1.807) is 30.3 Å². The summed E-state index contributed by atoms with van der Waals surface area (Å²) in [6.07, 6.45) is 3.84. The molecule has 1 aliphatic carbocycles. The minimum Gasteiger partial charge on any atom is -0.452 e. The van der Waals surface area contributed by atoms with Gasteiger partial charge in [-0.05, 0) is 37.1 Å². The molecule has 0 aromatic heterocycles. The molecule has 1 N–H and O–H groups in total. The van der Waals surface area contributed by atoms with E-state index in [9.17, 15) is 9.59 Å². The zero-order valence-corrected chi connectivity index (χ0v) is 16.3. The molecule has 2 aromatic rings. The van der Waals surface area contributed by atoms with Crippen LogP contribution in [0.4, 0.5) is 5.69 Å². The molecular formula is C20H17Cl2NO5. The van der Waals surface area contributed by atoms with E-state index in [1.807, 2.05) is 0 Å². The first-order valence-corrected chi connectivity index (χ1v) is 9.64. The second-order valence-corrected chi connectivity index (χ2v) is 7.49. The zero-order chi connectivity index (χ0) is 19.7. The van der Waals surface area contributed by atoms with E-state index in [1.165, 1.54) is 6.07 Å². The Kier molecular flexibility index (Phi) is 5.08. The summed E-state index contributed by atoms with van der Waals surface area (Å²) in [5.74, 6) is -0.502. The SMILES string of the molecule is O=C(COC(=O)c1cccc(Cl)c1Cl)Nc1ccc2c(c1)OC1(CCCC1)O2. The summed E-state index contributed by atoms with van der Waals surface area (Å²) in [4.78, 5) is 24.2. The fourth-order valence-electron chi connectivity index (χ4n) is 3.36. The molecule has 0 bridgehead atoms. The molecule has 2 aromatic carbocycles. The molecular weight excluding hydrogens is 405 g/mol. The largest absolute Gasteiger partial charge is 0.452 e. The standard InChI is InChI=1S/C20H17Cl2NO5/c21-14-5-3-4-13(18(14)22)19(25)26-11-17(24)23-12-6-7-15-16(10-12)28-20(27-15)8-1-2-9-20/h3-7,10H,1-2,8-9,11H2,(H,23,24). The molecule has 1 fully saturated rings. The van der Waals surface area contributed by atoms with Crippen LogP contribution in [0, 0.1) is 0 Å². The maximum absolute atomic E-state index is 12.1. The van der Waals surface area contributed by atoms with Gasteiger partial charge in [0.15, 0.2) is 18.1 Å². The maximum Gasteiger partial charge on any atom is 0.340 e. The Bertz CT molecular complexity index is 940. The van der Waals surface area contributed by atoms with Crippen molar-refractivity contribution in [3.63, 3.8) is 0 Å². The molecule has 28 heavy (non-hydrogen) atoms. The van der Waals surface area contributed by atoms with Crippen molar-refractivity contribution in [2.75, 3.05) is 11.9 Å². The van der Waals surface area contributed by atoms with Crippen molar-refractivity contribution in [2.45, 2.75) is 31.5 Å². The van der Waals surface area contributed by atoms with Gasteiger partial charge < -0.3 is 19.5 Å². The first kappa shape index (κ1) is 18.9. The molecule has 1 saturated carbocycles. The van der Waals surface area contributed by atoms with Crippen LogP contribution >= 0.6 is 23.2 Å². The monoisotopic (exact) mass is 421 g/mol. The van der Waals surface area contributed by atoms with E-state index >= 15 is 0 Å². The lowest BCUT2D eigenvalue weighted by Gasteiger charge is -2.21. The summed E-state index contributed by atoms with van der Waals surface area (Å²) in [6.45, 7) is -0.458. The number of rotatable bonds is 4. The van der Waals surface area contributed by atoms with Crippen LogP contribution in [0.5, 0.6) is 11.5 Å². The van der Waals surface area contributed by atoms with Gasteiger partial charge >= 0.3 is 5.97 Å². The third kappa shape index (κ3) is 3.75. The molecule has 1 heterocycles. The Hall–Kier alpha value is -2.44. The Morgan fingerprint density at radius 3 is 2.61 bits per heavy atom. The van der Waals surface area contributed by atoms with Crippen LogP contribution in [-0.2, 0) is 9.53 Å². The average molecular weight is 422 g/mol. The summed E-state index contributed by atoms with van der Waals surface area (Å²) in [7, 11) is 0. The van der Waals surface area contributed by atoms with Crippen molar-refractivity contribution in [3.05, 3.63) is 52.0 Å². The van der Waals surface area contributed by atoms with Crippen LogP contribution in [0.15, 0.2) is 36.4 Å². The molecule has 0 unspecified atom stereocenters. The second kappa shape index (κ2) is 7.53. The van der Waals surface area contributed by atoms with Gasteiger partial charge in [0.25, 0.3) is 11.7 Å². The lowest BCUT2D eigenvalue weighted by molar-refractivity contribution is -0.119. The molecule has 1 amide bonds. The highest BCUT2D eigenvalue weighted by atomic mass is 35.5. The molecule has 0 radical (unpaired) electrons. The summed E-state index contributed by atoms with van der Waals surface area (Å²) in [6, 6.07) is 9.79. The first-order chi connectivity index (χ1) is 13.5. The highest BCUT2D eigenvalue weighted by molar-refractivity contribution is 6.43. The molecule has 1 aliphatic heterocycles. The van der Waals surface area contributed by atoms with E-state index in [2.05, 4.69) is 5.32 Å². The average Bonchev–Trinajstić information content (AvgIpc) is 3.27. The van der Waals surface area contributed by atoms with E-state index in [0.717, 1.165) is 25.7 Å². The number of hydrogen-bond acceptors (Lipinski definition) is 5. The normalized spacial score (nSPS) is 16.2. The van der Waals surface area contributed by atoms with E-state index in [-0.39, 0.29) is 15.6 Å². The van der Waals surface area contributed by atoms with Gasteiger partial charge in [0.05, 0.1) is 15.6 Å². The minimum absolute atomic E-state index is 0.0891. The van der Waals surface area contributed by atoms with Gasteiger partial charge in [-0.25, -0.2) is 4.79 Å². The summed E-state index contributed by atoms with van der Waals surface area (Å²) < 4.78 is 16.9. The number of ether oxygens (including phenoxy) is 3. The highest BCUT2D eigenvalue weighted by Gasteiger charge is 2.44. The minimum atomic E-state index is -0.725. The lowest BCUT2D eigenvalue weighted by Crippen LogP contribution is -2.34. The first-order valence-electron chi connectivity index (χ1n) is 8.89. The molecule has 0 atom stereocenters. The van der Waals surface area contributed by atoms with Crippen molar-refractivity contribution in [2.24, 2.45) is 0 Å². The number of amides is 1. The molecule has 146 valence electrons. The number of halogens is 2. The van der Waals surface area contributed by atoms with Crippen LogP contribution in [0.2, 0.25) is 10.0 Å². The number of benzene rings is 2. The predicted octanol–water partition coefficient (Wildman–Crippen LogP) is 4.83. The Balaban J connectivity index is 1.35. The Morgan fingerprint density at radius 2 is 1.82 bits per heavy atom. The summed E-state index contributed by atoms with van der Waals surface area (Å²) >= 11 is 11.9. The zero-order valence-electron chi connectivity index (χ0n) is 14.8. The molecule has 6 nitrogen and oxygen atoms in total. The number of hydrogen-bond donors (Lipinski definition) is 1. The fourth-order valence-corrected chi connectivity index (χ4v) is 3.73. The van der Waals surface area contributed by atoms with Gasteiger partial charge in [-0.1, -0.05) is 29.3 Å². The number of esters is 1. The number of nitrogens with one attached hydrogen (secondary N) is 1. The number of carbonyl (C=O) groups excluding carboxylic acids is 2. The maximum atomic E-state index is 12.1. The Morgan fingerprint density at radius 1 is 1.07 bits per heavy atom. The third-order valence-electron chi connectivity index (χ3n) is 4.69. The van der Waals surface area contributed by atoms with Gasteiger partial charge in [-0.3, -0.25) is 4.79 Å². The number of anilines is 1. The fraction of sp³-hybridized carbons (Fsp3) is 0.300. The molecule has 1 spiro atoms. The van der Waals surface area contributed by atoms with Crippen molar-refractivity contribution in [3.8, 4) is 11.5 Å². The highest BCUT2D eigenvalue weighted by Crippen LogP contribution is 2.47. The van der Waals surface area contributed by atoms with Gasteiger partial charge in [0, 0.05) is 24.6 Å². The van der Waals surface area contributed by atoms with E-state index in [4.69, 9.17) is 37.4 Å². The molecule has 0 saturated heterocycles. The van der Waals surface area contributed by atoms with Crippen molar-refractivity contribution >= 4 is 40.8 Å². The van der Waals surface area contributed by atoms with E-state index < -0.39 is 24.3 Å². The van der Waals surface area contributed by atoms with Crippen molar-refractivity contribution in [1.29, 1.82) is 0 Å². The van der Waals surface area contributed by atoms with E-state index in [0.29, 0.717) is 17.2 Å². The quantitative estimate of drug-likeness (QED) is 0.715. The van der Waals surface area contributed by atoms with Gasteiger partial charge in [-0.15, -0.1) is 0 Å². The number of fused-ring (bicyclic) bond motifs is 1. The molecule has 2 aliphatic rings. The summed E-state index contributed by atoms with van der Waals surface area (Å²) in [5, 5.41) is 3.00. The third-order valence-corrected chi connectivity index (χ3v) is 5.51. The topological polar surface area (TPSA) is 73.9 Å². The van der Waals surface area contributed by atoms with Crippen molar-refractivity contribution in [1.82, 2.24) is 0 Å². The lowest BCUT2D eigenvalue weighted by atomic mass is 10.2. The smallest absolute Gasteiger partial charge is 0.340 e. The van der Waals surface area contributed by atoms with Crippen LogP contribution in [0.3, 0.4) is 0 Å². The van der Waals surface area contributed by atoms with Crippen molar-refractivity contribution < 1.29 is 23.8 Å². The molecule has 8 heteroatoms. The van der Waals surface area contributed by atoms with Gasteiger partial charge in [0.2, 0.25) is 0 Å². The second-order valence-electron chi connectivity index (χ2n) is 6.71. The van der Waals surface area contributed by atoms with Crippen LogP contribution in [0.1, 0.15) is 36.0 Å². The predicted molar refractivity (Wildman–Crippen MR) is 104 cm³/mol. The number of carbonyl (C=O) groups is 2. The molecule has 4 rings (SSSR count). The van der Waals surface area contributed by atoms with Gasteiger partial charge in [0.1, 0.15) is 0 Å². The van der Waals surface area contributed by atoms with Gasteiger partial charge in [-0.2, -0.15) is 0 Å². The van der Waals surface area contributed by atoms with Crippen LogP contribution in [0.25, 0.3) is 0 Å².